The van der Waals surface area contributed by atoms with E-state index in [9.17, 15) is 8.42 Å². The summed E-state index contributed by atoms with van der Waals surface area (Å²) in [6.45, 7) is 3.10. The second kappa shape index (κ2) is 6.87. The highest BCUT2D eigenvalue weighted by Gasteiger charge is 2.35. The lowest BCUT2D eigenvalue weighted by Gasteiger charge is -2.36. The molecular formula is C11H18BrClN2O2S2. The Hall–Kier alpha value is 0.340. The first-order valence-corrected chi connectivity index (χ1v) is 8.97. The second-order valence-corrected chi connectivity index (χ2v) is 9.27. The Labute approximate surface area is 133 Å². The van der Waals surface area contributed by atoms with Crippen molar-refractivity contribution in [2.45, 2.75) is 30.0 Å². The molecule has 0 bridgehead atoms. The fourth-order valence-corrected chi connectivity index (χ4v) is 6.11. The zero-order valence-corrected chi connectivity index (χ0v) is 14.6. The predicted molar refractivity (Wildman–Crippen MR) is 84.4 cm³/mol. The van der Waals surface area contributed by atoms with Crippen LogP contribution in [-0.4, -0.2) is 31.9 Å². The maximum Gasteiger partial charge on any atom is 0.252 e. The van der Waals surface area contributed by atoms with Gasteiger partial charge in [0.15, 0.2) is 0 Å². The summed E-state index contributed by atoms with van der Waals surface area (Å²) in [6.07, 6.45) is 1.75. The average Bonchev–Trinajstić information content (AvgIpc) is 2.76. The van der Waals surface area contributed by atoms with Gasteiger partial charge in [0.1, 0.15) is 4.21 Å². The molecule has 1 aromatic rings. The molecule has 1 aliphatic rings. The summed E-state index contributed by atoms with van der Waals surface area (Å²) < 4.78 is 27.9. The maximum atomic E-state index is 12.5. The van der Waals surface area contributed by atoms with Crippen molar-refractivity contribution in [2.24, 2.45) is 11.7 Å². The third kappa shape index (κ3) is 3.71. The van der Waals surface area contributed by atoms with Gasteiger partial charge < -0.3 is 5.73 Å². The third-order valence-electron chi connectivity index (χ3n) is 3.31. The van der Waals surface area contributed by atoms with Crippen molar-refractivity contribution in [1.29, 1.82) is 0 Å². The molecule has 0 radical (unpaired) electrons. The summed E-state index contributed by atoms with van der Waals surface area (Å²) in [6, 6.07) is 3.34. The Morgan fingerprint density at radius 2 is 2.21 bits per heavy atom. The highest BCUT2D eigenvalue weighted by Crippen LogP contribution is 2.32. The molecule has 1 aliphatic heterocycles. The number of nitrogens with two attached hydrogens (primary N) is 1. The number of hydrogen-bond donors (Lipinski definition) is 1. The highest BCUT2D eigenvalue weighted by molar-refractivity contribution is 9.11. The van der Waals surface area contributed by atoms with Crippen LogP contribution in [0.4, 0.5) is 0 Å². The van der Waals surface area contributed by atoms with E-state index < -0.39 is 10.0 Å². The first kappa shape index (κ1) is 17.4. The topological polar surface area (TPSA) is 63.4 Å². The molecule has 2 heterocycles. The number of nitrogens with zero attached hydrogens (tertiary/aromatic N) is 1. The normalized spacial score (nSPS) is 25.0. The Balaban J connectivity index is 0.00000180. The molecule has 2 N–H and O–H groups in total. The molecule has 110 valence electrons. The van der Waals surface area contributed by atoms with Crippen LogP contribution in [0.2, 0.25) is 0 Å². The van der Waals surface area contributed by atoms with E-state index in [-0.39, 0.29) is 18.4 Å². The van der Waals surface area contributed by atoms with Crippen molar-refractivity contribution in [3.05, 3.63) is 15.9 Å². The van der Waals surface area contributed by atoms with Crippen LogP contribution in [0.1, 0.15) is 19.8 Å². The Bertz CT molecular complexity index is 521. The summed E-state index contributed by atoms with van der Waals surface area (Å²) in [4.78, 5) is 0. The number of piperidine rings is 1. The van der Waals surface area contributed by atoms with Crippen molar-refractivity contribution in [3.63, 3.8) is 0 Å². The van der Waals surface area contributed by atoms with E-state index >= 15 is 0 Å². The molecule has 1 saturated heterocycles. The molecule has 1 aromatic heterocycles. The first-order valence-electron chi connectivity index (χ1n) is 5.92. The fraction of sp³-hybridized carbons (Fsp3) is 0.636. The molecule has 0 aliphatic carbocycles. The SMILES string of the molecule is CC1CCN(S(=O)(=O)c2ccc(Br)s2)C(CN)C1.Cl. The zero-order chi connectivity index (χ0) is 13.3. The summed E-state index contributed by atoms with van der Waals surface area (Å²) in [5.41, 5.74) is 5.72. The standard InChI is InChI=1S/C11H17BrN2O2S2.ClH/c1-8-4-5-14(9(6-8)7-13)18(15,16)11-3-2-10(12)17-11;/h2-3,8-9H,4-7,13H2,1H3;1H. The van der Waals surface area contributed by atoms with E-state index in [2.05, 4.69) is 22.9 Å². The van der Waals surface area contributed by atoms with Crippen LogP contribution in [-0.2, 0) is 10.0 Å². The van der Waals surface area contributed by atoms with E-state index in [0.29, 0.717) is 23.2 Å². The van der Waals surface area contributed by atoms with Crippen molar-refractivity contribution in [3.8, 4) is 0 Å². The lowest BCUT2D eigenvalue weighted by molar-refractivity contribution is 0.211. The first-order chi connectivity index (χ1) is 8.45. The molecule has 1 fully saturated rings. The monoisotopic (exact) mass is 388 g/mol. The van der Waals surface area contributed by atoms with Crippen molar-refractivity contribution >= 4 is 49.7 Å². The Morgan fingerprint density at radius 3 is 2.74 bits per heavy atom. The summed E-state index contributed by atoms with van der Waals surface area (Å²) in [7, 11) is -3.38. The third-order valence-corrected chi connectivity index (χ3v) is 7.35. The Morgan fingerprint density at radius 1 is 1.53 bits per heavy atom. The Kier molecular flexibility index (Phi) is 6.28. The van der Waals surface area contributed by atoms with Crippen LogP contribution in [0.5, 0.6) is 0 Å². The van der Waals surface area contributed by atoms with E-state index in [4.69, 9.17) is 5.73 Å². The van der Waals surface area contributed by atoms with Crippen LogP contribution >= 0.6 is 39.7 Å². The van der Waals surface area contributed by atoms with E-state index in [1.807, 2.05) is 0 Å². The van der Waals surface area contributed by atoms with Gasteiger partial charge in [-0.2, -0.15) is 4.31 Å². The quantitative estimate of drug-likeness (QED) is 0.864. The molecule has 19 heavy (non-hydrogen) atoms. The summed E-state index contributed by atoms with van der Waals surface area (Å²) in [5.74, 6) is 0.542. The molecule has 0 amide bonds. The fourth-order valence-electron chi connectivity index (χ4n) is 2.31. The molecule has 0 spiro atoms. The number of sulfonamides is 1. The van der Waals surface area contributed by atoms with Gasteiger partial charge in [-0.3, -0.25) is 0 Å². The predicted octanol–water partition coefficient (Wildman–Crippen LogP) is 2.68. The van der Waals surface area contributed by atoms with E-state index in [1.165, 1.54) is 11.3 Å². The minimum Gasteiger partial charge on any atom is -0.329 e. The molecule has 0 aromatic carbocycles. The molecule has 8 heteroatoms. The maximum absolute atomic E-state index is 12.5. The highest BCUT2D eigenvalue weighted by atomic mass is 79.9. The number of hydrogen-bond acceptors (Lipinski definition) is 4. The van der Waals surface area contributed by atoms with Crippen LogP contribution in [0.3, 0.4) is 0 Å². The minimum absolute atomic E-state index is 0. The number of halogens is 2. The molecule has 0 saturated carbocycles. The van der Waals surface area contributed by atoms with Gasteiger partial charge >= 0.3 is 0 Å². The number of rotatable bonds is 3. The van der Waals surface area contributed by atoms with Gasteiger partial charge in [-0.25, -0.2) is 8.42 Å². The lowest BCUT2D eigenvalue weighted by Crippen LogP contribution is -2.48. The second-order valence-electron chi connectivity index (χ2n) is 4.69. The molecule has 2 unspecified atom stereocenters. The van der Waals surface area contributed by atoms with Gasteiger partial charge in [0.2, 0.25) is 0 Å². The van der Waals surface area contributed by atoms with Crippen LogP contribution in [0.25, 0.3) is 0 Å². The van der Waals surface area contributed by atoms with Crippen LogP contribution < -0.4 is 5.73 Å². The number of thiophene rings is 1. The van der Waals surface area contributed by atoms with Gasteiger partial charge in [0.25, 0.3) is 10.0 Å². The van der Waals surface area contributed by atoms with Gasteiger partial charge in [0.05, 0.1) is 3.79 Å². The molecule has 2 rings (SSSR count). The minimum atomic E-state index is -3.38. The largest absolute Gasteiger partial charge is 0.329 e. The van der Waals surface area contributed by atoms with Gasteiger partial charge in [-0.15, -0.1) is 23.7 Å². The van der Waals surface area contributed by atoms with E-state index in [0.717, 1.165) is 16.6 Å². The average molecular weight is 390 g/mol. The van der Waals surface area contributed by atoms with Gasteiger partial charge in [-0.05, 0) is 46.8 Å². The molecule has 4 nitrogen and oxygen atoms in total. The van der Waals surface area contributed by atoms with Crippen LogP contribution in [0, 0.1) is 5.92 Å². The molecular weight excluding hydrogens is 372 g/mol. The van der Waals surface area contributed by atoms with E-state index in [1.54, 1.807) is 16.4 Å². The van der Waals surface area contributed by atoms with Gasteiger partial charge in [-0.1, -0.05) is 6.92 Å². The molecule has 2 atom stereocenters. The van der Waals surface area contributed by atoms with Crippen molar-refractivity contribution < 1.29 is 8.42 Å². The van der Waals surface area contributed by atoms with Gasteiger partial charge in [0, 0.05) is 19.1 Å². The smallest absolute Gasteiger partial charge is 0.252 e. The van der Waals surface area contributed by atoms with Crippen LogP contribution in [0.15, 0.2) is 20.1 Å². The zero-order valence-electron chi connectivity index (χ0n) is 10.6. The summed E-state index contributed by atoms with van der Waals surface area (Å²) >= 11 is 4.55. The lowest BCUT2D eigenvalue weighted by atomic mass is 9.94. The van der Waals surface area contributed by atoms with Crippen molar-refractivity contribution in [1.82, 2.24) is 4.31 Å². The van der Waals surface area contributed by atoms with Crippen molar-refractivity contribution in [2.75, 3.05) is 13.1 Å². The summed E-state index contributed by atoms with van der Waals surface area (Å²) in [5, 5.41) is 0.